The summed E-state index contributed by atoms with van der Waals surface area (Å²) in [5.41, 5.74) is 1.92. The molecule has 0 aliphatic heterocycles. The van der Waals surface area contributed by atoms with Gasteiger partial charge in [0.1, 0.15) is 0 Å². The summed E-state index contributed by atoms with van der Waals surface area (Å²) in [6.07, 6.45) is -2.25. The Balaban J connectivity index is 1.69. The van der Waals surface area contributed by atoms with E-state index in [1.54, 1.807) is 41.3 Å². The van der Waals surface area contributed by atoms with Gasteiger partial charge in [-0.2, -0.15) is 13.2 Å². The quantitative estimate of drug-likeness (QED) is 0.293. The number of amides is 2. The van der Waals surface area contributed by atoms with Gasteiger partial charge in [0.05, 0.1) is 16.5 Å². The fraction of sp³-hybridized carbons (Fsp3) is 0.516. The van der Waals surface area contributed by atoms with Gasteiger partial charge >= 0.3 is 6.18 Å². The van der Waals surface area contributed by atoms with Crippen molar-refractivity contribution in [2.75, 3.05) is 24.3 Å². The summed E-state index contributed by atoms with van der Waals surface area (Å²) in [6, 6.07) is 10.0. The van der Waals surface area contributed by atoms with Crippen LogP contribution in [0.1, 0.15) is 85.6 Å². The van der Waals surface area contributed by atoms with Crippen molar-refractivity contribution in [3.8, 4) is 0 Å². The monoisotopic (exact) mass is 593 g/mol. The van der Waals surface area contributed by atoms with Gasteiger partial charge in [0.25, 0.3) is 5.91 Å². The molecular weight excluding hydrogens is 555 g/mol. The zero-order valence-corrected chi connectivity index (χ0v) is 25.0. The van der Waals surface area contributed by atoms with Gasteiger partial charge in [-0.15, -0.1) is 0 Å². The van der Waals surface area contributed by atoms with E-state index in [1.807, 2.05) is 34.9 Å². The lowest BCUT2D eigenvalue weighted by Crippen LogP contribution is -2.34. The van der Waals surface area contributed by atoms with E-state index >= 15 is 0 Å². The normalized spacial score (nSPS) is 17.6. The van der Waals surface area contributed by atoms with E-state index in [2.05, 4.69) is 10.6 Å². The van der Waals surface area contributed by atoms with E-state index in [-0.39, 0.29) is 54.0 Å². The van der Waals surface area contributed by atoms with Crippen molar-refractivity contribution in [2.24, 2.45) is 17.3 Å². The van der Waals surface area contributed by atoms with Gasteiger partial charge in [0, 0.05) is 49.4 Å². The minimum absolute atomic E-state index is 0.0887. The summed E-state index contributed by atoms with van der Waals surface area (Å²) in [7, 11) is 3.62. The Morgan fingerprint density at radius 3 is 2.20 bits per heavy atom. The number of alkyl halides is 3. The number of carbonyl (C=O) groups excluding carboxylic acids is 3. The molecule has 1 aliphatic carbocycles. The molecular formula is C31H39ClF3N3O3. The number of Topliss-reactive ketones (excluding diaryl/α,β-unsaturated/α-hetero) is 1. The third kappa shape index (κ3) is 8.96. The Hall–Kier alpha value is -3.07. The molecule has 0 bridgehead atoms. The lowest BCUT2D eigenvalue weighted by Gasteiger charge is -2.29. The number of nitrogens with one attached hydrogen (secondary N) is 2. The van der Waals surface area contributed by atoms with Crippen LogP contribution in [0.3, 0.4) is 0 Å². The second-order valence-electron chi connectivity index (χ2n) is 12.0. The first-order chi connectivity index (χ1) is 19.1. The number of ketones is 1. The zero-order valence-electron chi connectivity index (χ0n) is 24.3. The number of carbonyl (C=O) groups is 3. The maximum atomic E-state index is 13.3. The zero-order chi connectivity index (χ0) is 30.5. The molecule has 2 amide bonds. The van der Waals surface area contributed by atoms with Crippen LogP contribution in [-0.4, -0.2) is 37.9 Å². The van der Waals surface area contributed by atoms with Crippen molar-refractivity contribution in [1.82, 2.24) is 5.32 Å². The maximum Gasteiger partial charge on any atom is 0.391 e. The highest BCUT2D eigenvalue weighted by molar-refractivity contribution is 6.34. The van der Waals surface area contributed by atoms with Crippen LogP contribution < -0.4 is 15.5 Å². The van der Waals surface area contributed by atoms with Crippen molar-refractivity contribution in [1.29, 1.82) is 0 Å². The van der Waals surface area contributed by atoms with E-state index in [9.17, 15) is 27.6 Å². The number of hydrogen-bond donors (Lipinski definition) is 2. The van der Waals surface area contributed by atoms with Crippen LogP contribution >= 0.6 is 11.6 Å². The first-order valence-electron chi connectivity index (χ1n) is 13.9. The van der Waals surface area contributed by atoms with Crippen molar-refractivity contribution in [3.05, 3.63) is 58.1 Å². The number of rotatable bonds is 9. The number of hydrogen-bond acceptors (Lipinski definition) is 4. The second-order valence-corrected chi connectivity index (χ2v) is 12.5. The lowest BCUT2D eigenvalue weighted by atomic mass is 9.79. The Morgan fingerprint density at radius 2 is 1.61 bits per heavy atom. The molecule has 0 saturated heterocycles. The Kier molecular flexibility index (Phi) is 10.5. The third-order valence-electron chi connectivity index (χ3n) is 7.54. The third-order valence-corrected chi connectivity index (χ3v) is 7.87. The average molecular weight is 594 g/mol. The molecule has 6 nitrogen and oxygen atoms in total. The van der Waals surface area contributed by atoms with Gasteiger partial charge in [0.2, 0.25) is 5.91 Å². The molecule has 0 radical (unpaired) electrons. The fourth-order valence-corrected chi connectivity index (χ4v) is 5.18. The lowest BCUT2D eigenvalue weighted by molar-refractivity contribution is -0.184. The molecule has 2 N–H and O–H groups in total. The highest BCUT2D eigenvalue weighted by Crippen LogP contribution is 2.41. The molecule has 1 aliphatic rings. The summed E-state index contributed by atoms with van der Waals surface area (Å²) < 4.78 is 39.0. The number of halogens is 4. The molecule has 0 aromatic heterocycles. The maximum absolute atomic E-state index is 13.3. The highest BCUT2D eigenvalue weighted by Gasteiger charge is 2.41. The van der Waals surface area contributed by atoms with Gasteiger partial charge < -0.3 is 15.5 Å². The van der Waals surface area contributed by atoms with E-state index in [4.69, 9.17) is 11.6 Å². The Labute approximate surface area is 245 Å². The molecule has 1 saturated carbocycles. The van der Waals surface area contributed by atoms with E-state index in [1.165, 1.54) is 0 Å². The van der Waals surface area contributed by atoms with Crippen LogP contribution in [0.15, 0.2) is 36.4 Å². The van der Waals surface area contributed by atoms with Crippen LogP contribution in [0.2, 0.25) is 5.02 Å². The molecule has 3 rings (SSSR count). The van der Waals surface area contributed by atoms with Gasteiger partial charge in [-0.3, -0.25) is 14.4 Å². The molecule has 2 aromatic carbocycles. The van der Waals surface area contributed by atoms with Gasteiger partial charge in [-0.05, 0) is 73.9 Å². The first kappa shape index (κ1) is 32.4. The number of anilines is 2. The van der Waals surface area contributed by atoms with E-state index in [0.717, 1.165) is 0 Å². The van der Waals surface area contributed by atoms with E-state index in [0.29, 0.717) is 41.8 Å². The fourth-order valence-electron chi connectivity index (χ4n) is 4.98. The number of benzene rings is 2. The standard InChI is InChI=1S/C31H39ClF3N3O3/c1-30(2,3)29(41)36-18-20-8-13-25(32)23(16-20)28(40)37-22-12-14-26(38(4)5)24(17-22)27(39)15-9-19-6-10-21(11-7-19)31(33,34)35/h8,12-14,16-17,19,21H,6-7,9-11,15,18H2,1-5H3,(H,36,41)(H,37,40). The minimum Gasteiger partial charge on any atom is -0.377 e. The summed E-state index contributed by atoms with van der Waals surface area (Å²) >= 11 is 6.32. The van der Waals surface area contributed by atoms with Crippen LogP contribution in [0, 0.1) is 17.3 Å². The number of nitrogens with zero attached hydrogens (tertiary/aromatic N) is 1. The SMILES string of the molecule is CN(C)c1ccc(NC(=O)c2cc(CNC(=O)C(C)(C)C)ccc2Cl)cc1C(=O)CCC1CCC(C(F)(F)F)CC1. The van der Waals surface area contributed by atoms with Crippen LogP contribution in [0.5, 0.6) is 0 Å². The minimum atomic E-state index is -4.15. The summed E-state index contributed by atoms with van der Waals surface area (Å²) in [4.78, 5) is 40.5. The van der Waals surface area contributed by atoms with Crippen LogP contribution in [0.4, 0.5) is 24.5 Å². The summed E-state index contributed by atoms with van der Waals surface area (Å²) in [5.74, 6) is -1.86. The molecule has 2 aromatic rings. The van der Waals surface area contributed by atoms with Crippen molar-refractivity contribution < 1.29 is 27.6 Å². The van der Waals surface area contributed by atoms with Gasteiger partial charge in [-0.1, -0.05) is 38.4 Å². The molecule has 0 atom stereocenters. The molecule has 10 heteroatoms. The predicted octanol–water partition coefficient (Wildman–Crippen LogP) is 7.65. The predicted molar refractivity (Wildman–Crippen MR) is 157 cm³/mol. The average Bonchev–Trinajstić information content (AvgIpc) is 2.90. The van der Waals surface area contributed by atoms with Crippen molar-refractivity contribution in [2.45, 2.75) is 72.0 Å². The van der Waals surface area contributed by atoms with E-state index < -0.39 is 23.4 Å². The highest BCUT2D eigenvalue weighted by atomic mass is 35.5. The molecule has 41 heavy (non-hydrogen) atoms. The van der Waals surface area contributed by atoms with Crippen molar-refractivity contribution >= 4 is 40.6 Å². The Bertz CT molecular complexity index is 1260. The largest absolute Gasteiger partial charge is 0.391 e. The van der Waals surface area contributed by atoms with Gasteiger partial charge in [0.15, 0.2) is 5.78 Å². The molecule has 0 spiro atoms. The summed E-state index contributed by atoms with van der Waals surface area (Å²) in [5, 5.41) is 5.91. The molecule has 0 unspecified atom stereocenters. The van der Waals surface area contributed by atoms with Gasteiger partial charge in [-0.25, -0.2) is 0 Å². The molecule has 1 fully saturated rings. The summed E-state index contributed by atoms with van der Waals surface area (Å²) in [6.45, 7) is 5.67. The van der Waals surface area contributed by atoms with Crippen LogP contribution in [0.25, 0.3) is 0 Å². The topological polar surface area (TPSA) is 78.5 Å². The molecule has 0 heterocycles. The molecule has 224 valence electrons. The smallest absolute Gasteiger partial charge is 0.377 e. The van der Waals surface area contributed by atoms with Crippen LogP contribution in [-0.2, 0) is 11.3 Å². The van der Waals surface area contributed by atoms with Crippen molar-refractivity contribution in [3.63, 3.8) is 0 Å². The Morgan fingerprint density at radius 1 is 0.951 bits per heavy atom. The second kappa shape index (κ2) is 13.3. The first-order valence-corrected chi connectivity index (χ1v) is 14.2.